The minimum atomic E-state index is -2.97. The van der Waals surface area contributed by atoms with E-state index in [0.717, 1.165) is 0 Å². The van der Waals surface area contributed by atoms with Crippen molar-refractivity contribution in [1.82, 2.24) is 16.0 Å². The van der Waals surface area contributed by atoms with Crippen molar-refractivity contribution in [3.8, 4) is 0 Å². The number of hydrogen-bond acceptors (Lipinski definition) is 4. The van der Waals surface area contributed by atoms with Gasteiger partial charge in [0.15, 0.2) is 5.96 Å². The van der Waals surface area contributed by atoms with Crippen LogP contribution in [0.3, 0.4) is 0 Å². The molecule has 0 bridgehead atoms. The molecule has 0 aliphatic heterocycles. The Morgan fingerprint density at radius 2 is 1.90 bits per heavy atom. The molecule has 21 heavy (non-hydrogen) atoms. The molecule has 1 atom stereocenters. The SMILES string of the molecule is CN=C(NCC(C)(C)C(=O)NC)NC(C)CCS(C)(=O)=O. The molecule has 7 nitrogen and oxygen atoms in total. The van der Waals surface area contributed by atoms with E-state index in [-0.39, 0.29) is 17.7 Å². The summed E-state index contributed by atoms with van der Waals surface area (Å²) >= 11 is 0. The number of guanidine groups is 1. The highest BCUT2D eigenvalue weighted by atomic mass is 32.2. The highest BCUT2D eigenvalue weighted by molar-refractivity contribution is 7.90. The molecule has 0 heterocycles. The van der Waals surface area contributed by atoms with E-state index in [1.165, 1.54) is 6.26 Å². The van der Waals surface area contributed by atoms with E-state index in [2.05, 4.69) is 20.9 Å². The number of nitrogens with zero attached hydrogens (tertiary/aromatic N) is 1. The monoisotopic (exact) mass is 320 g/mol. The van der Waals surface area contributed by atoms with Crippen LogP contribution in [0, 0.1) is 5.41 Å². The van der Waals surface area contributed by atoms with Gasteiger partial charge in [0.05, 0.1) is 11.2 Å². The molecule has 0 aromatic carbocycles. The maximum absolute atomic E-state index is 11.7. The zero-order valence-electron chi connectivity index (χ0n) is 13.8. The van der Waals surface area contributed by atoms with Gasteiger partial charge in [0.25, 0.3) is 0 Å². The lowest BCUT2D eigenvalue weighted by molar-refractivity contribution is -0.128. The second kappa shape index (κ2) is 8.21. The van der Waals surface area contributed by atoms with E-state index in [1.54, 1.807) is 14.1 Å². The summed E-state index contributed by atoms with van der Waals surface area (Å²) in [6, 6.07) is -0.0333. The van der Waals surface area contributed by atoms with Crippen LogP contribution in [0.4, 0.5) is 0 Å². The Kier molecular flexibility index (Phi) is 7.70. The van der Waals surface area contributed by atoms with Gasteiger partial charge in [-0.15, -0.1) is 0 Å². The molecule has 124 valence electrons. The maximum Gasteiger partial charge on any atom is 0.227 e. The standard InChI is InChI=1S/C13H28N4O3S/c1-10(7-8-21(6,19)20)17-12(15-5)16-9-13(2,3)11(18)14-4/h10H,7-9H2,1-6H3,(H,14,18)(H2,15,16,17). The summed E-state index contributed by atoms with van der Waals surface area (Å²) in [5.41, 5.74) is -0.567. The number of carbonyl (C=O) groups excluding carboxylic acids is 1. The Morgan fingerprint density at radius 1 is 1.33 bits per heavy atom. The first-order valence-electron chi connectivity index (χ1n) is 6.89. The first kappa shape index (κ1) is 19.7. The van der Waals surface area contributed by atoms with Crippen molar-refractivity contribution in [2.75, 3.05) is 32.6 Å². The molecule has 1 unspecified atom stereocenters. The molecular weight excluding hydrogens is 292 g/mol. The van der Waals surface area contributed by atoms with Crippen molar-refractivity contribution in [3.05, 3.63) is 0 Å². The van der Waals surface area contributed by atoms with Gasteiger partial charge in [-0.2, -0.15) is 0 Å². The fourth-order valence-corrected chi connectivity index (χ4v) is 2.40. The third-order valence-corrected chi connectivity index (χ3v) is 4.05. The Morgan fingerprint density at radius 3 is 2.33 bits per heavy atom. The topological polar surface area (TPSA) is 99.7 Å². The number of sulfone groups is 1. The minimum absolute atomic E-state index is 0.0333. The second-order valence-corrected chi connectivity index (χ2v) is 8.11. The van der Waals surface area contributed by atoms with Crippen molar-refractivity contribution in [3.63, 3.8) is 0 Å². The average molecular weight is 320 g/mol. The number of nitrogens with one attached hydrogen (secondary N) is 3. The van der Waals surface area contributed by atoms with Gasteiger partial charge in [-0.3, -0.25) is 9.79 Å². The van der Waals surface area contributed by atoms with Crippen LogP contribution in [0.25, 0.3) is 0 Å². The van der Waals surface area contributed by atoms with E-state index < -0.39 is 15.3 Å². The Bertz CT molecular complexity index is 472. The van der Waals surface area contributed by atoms with E-state index >= 15 is 0 Å². The number of aliphatic imine (C=N–C) groups is 1. The molecule has 0 aromatic rings. The van der Waals surface area contributed by atoms with E-state index in [4.69, 9.17) is 0 Å². The smallest absolute Gasteiger partial charge is 0.227 e. The summed E-state index contributed by atoms with van der Waals surface area (Å²) in [6.07, 6.45) is 1.72. The van der Waals surface area contributed by atoms with Crippen LogP contribution in [0.15, 0.2) is 4.99 Å². The predicted molar refractivity (Wildman–Crippen MR) is 86.1 cm³/mol. The van der Waals surface area contributed by atoms with Crippen LogP contribution < -0.4 is 16.0 Å². The molecular formula is C13H28N4O3S. The van der Waals surface area contributed by atoms with Crippen molar-refractivity contribution in [2.45, 2.75) is 33.2 Å². The molecule has 8 heteroatoms. The summed E-state index contributed by atoms with van der Waals surface area (Å²) in [7, 11) is 0.267. The number of carbonyl (C=O) groups is 1. The van der Waals surface area contributed by atoms with Gasteiger partial charge in [-0.25, -0.2) is 8.42 Å². The average Bonchev–Trinajstić information content (AvgIpc) is 2.39. The fraction of sp³-hybridized carbons (Fsp3) is 0.846. The van der Waals surface area contributed by atoms with Crippen LogP contribution in [0.1, 0.15) is 27.2 Å². The zero-order chi connectivity index (χ0) is 16.7. The van der Waals surface area contributed by atoms with E-state index in [0.29, 0.717) is 18.9 Å². The van der Waals surface area contributed by atoms with Crippen molar-refractivity contribution in [2.24, 2.45) is 10.4 Å². The molecule has 0 aliphatic carbocycles. The lowest BCUT2D eigenvalue weighted by Crippen LogP contribution is -2.49. The van der Waals surface area contributed by atoms with Crippen LogP contribution in [-0.4, -0.2) is 59.0 Å². The van der Waals surface area contributed by atoms with Gasteiger partial charge in [-0.1, -0.05) is 0 Å². The van der Waals surface area contributed by atoms with Crippen LogP contribution >= 0.6 is 0 Å². The largest absolute Gasteiger partial charge is 0.359 e. The first-order valence-corrected chi connectivity index (χ1v) is 8.95. The van der Waals surface area contributed by atoms with Crippen molar-refractivity contribution >= 4 is 21.7 Å². The second-order valence-electron chi connectivity index (χ2n) is 5.85. The number of hydrogen-bond donors (Lipinski definition) is 3. The number of amides is 1. The summed E-state index contributed by atoms with van der Waals surface area (Å²) in [5, 5.41) is 8.81. The van der Waals surface area contributed by atoms with Crippen molar-refractivity contribution in [1.29, 1.82) is 0 Å². The molecule has 0 saturated heterocycles. The highest BCUT2D eigenvalue weighted by Gasteiger charge is 2.26. The molecule has 0 radical (unpaired) electrons. The van der Waals surface area contributed by atoms with Gasteiger partial charge in [0, 0.05) is 32.9 Å². The molecule has 0 saturated carbocycles. The summed E-state index contributed by atoms with van der Waals surface area (Å²) in [6.45, 7) is 5.98. The molecule has 0 aromatic heterocycles. The van der Waals surface area contributed by atoms with Gasteiger partial charge in [0.1, 0.15) is 9.84 Å². The first-order chi connectivity index (χ1) is 9.51. The van der Waals surface area contributed by atoms with Gasteiger partial charge in [0.2, 0.25) is 5.91 Å². The molecule has 0 spiro atoms. The van der Waals surface area contributed by atoms with Crippen molar-refractivity contribution < 1.29 is 13.2 Å². The van der Waals surface area contributed by atoms with Gasteiger partial charge < -0.3 is 16.0 Å². The highest BCUT2D eigenvalue weighted by Crippen LogP contribution is 2.12. The molecule has 0 fully saturated rings. The van der Waals surface area contributed by atoms with Crippen LogP contribution in [0.5, 0.6) is 0 Å². The number of rotatable bonds is 7. The third kappa shape index (κ3) is 8.54. The lowest BCUT2D eigenvalue weighted by atomic mass is 9.92. The fourth-order valence-electron chi connectivity index (χ4n) is 1.61. The predicted octanol–water partition coefficient (Wildman–Crippen LogP) is -0.253. The van der Waals surface area contributed by atoms with Gasteiger partial charge >= 0.3 is 0 Å². The van der Waals surface area contributed by atoms with Crippen LogP contribution in [-0.2, 0) is 14.6 Å². The maximum atomic E-state index is 11.7. The normalized spacial score (nSPS) is 14.5. The summed E-state index contributed by atoms with van der Waals surface area (Å²) < 4.78 is 22.3. The molecule has 0 aliphatic rings. The Hall–Kier alpha value is -1.31. The van der Waals surface area contributed by atoms with E-state index in [1.807, 2.05) is 20.8 Å². The zero-order valence-corrected chi connectivity index (χ0v) is 14.6. The summed E-state index contributed by atoms with van der Waals surface area (Å²) in [4.78, 5) is 15.8. The third-order valence-electron chi connectivity index (χ3n) is 3.07. The van der Waals surface area contributed by atoms with Crippen LogP contribution in [0.2, 0.25) is 0 Å². The Balaban J connectivity index is 4.39. The molecule has 3 N–H and O–H groups in total. The molecule has 1 amide bonds. The van der Waals surface area contributed by atoms with E-state index in [9.17, 15) is 13.2 Å². The quantitative estimate of drug-likeness (QED) is 0.443. The summed E-state index contributed by atoms with van der Waals surface area (Å²) in [5.74, 6) is 0.616. The molecule has 0 rings (SSSR count). The Labute approximate surface area is 127 Å². The minimum Gasteiger partial charge on any atom is -0.359 e. The van der Waals surface area contributed by atoms with Gasteiger partial charge in [-0.05, 0) is 27.2 Å². The lowest BCUT2D eigenvalue weighted by Gasteiger charge is -2.25.